The Morgan fingerprint density at radius 1 is 1.10 bits per heavy atom. The van der Waals surface area contributed by atoms with E-state index in [0.717, 1.165) is 5.56 Å². The SMILES string of the molecule is COc1ccc(OC)c(C(=O)Nc2cc(N)ccc2C)c1. The minimum Gasteiger partial charge on any atom is -0.497 e. The Morgan fingerprint density at radius 2 is 1.86 bits per heavy atom. The van der Waals surface area contributed by atoms with E-state index in [4.69, 9.17) is 15.2 Å². The predicted molar refractivity (Wildman–Crippen MR) is 83.1 cm³/mol. The quantitative estimate of drug-likeness (QED) is 0.848. The van der Waals surface area contributed by atoms with E-state index in [-0.39, 0.29) is 5.91 Å². The summed E-state index contributed by atoms with van der Waals surface area (Å²) >= 11 is 0. The van der Waals surface area contributed by atoms with E-state index in [0.29, 0.717) is 28.4 Å². The van der Waals surface area contributed by atoms with Crippen LogP contribution in [0, 0.1) is 6.92 Å². The van der Waals surface area contributed by atoms with Crippen LogP contribution in [0.25, 0.3) is 0 Å². The molecule has 0 spiro atoms. The van der Waals surface area contributed by atoms with Gasteiger partial charge in [0.25, 0.3) is 5.91 Å². The number of carbonyl (C=O) groups excluding carboxylic acids is 1. The minimum absolute atomic E-state index is 0.278. The number of nitrogens with one attached hydrogen (secondary N) is 1. The normalized spacial score (nSPS) is 10.0. The molecule has 5 nitrogen and oxygen atoms in total. The molecular formula is C16H18N2O3. The van der Waals surface area contributed by atoms with Crippen LogP contribution in [0.15, 0.2) is 36.4 Å². The number of hydrogen-bond donors (Lipinski definition) is 2. The maximum Gasteiger partial charge on any atom is 0.259 e. The van der Waals surface area contributed by atoms with Crippen LogP contribution in [0.2, 0.25) is 0 Å². The summed E-state index contributed by atoms with van der Waals surface area (Å²) in [5.74, 6) is 0.791. The van der Waals surface area contributed by atoms with Crippen LogP contribution < -0.4 is 20.5 Å². The van der Waals surface area contributed by atoms with Gasteiger partial charge in [-0.05, 0) is 42.8 Å². The monoisotopic (exact) mass is 286 g/mol. The fourth-order valence-electron chi connectivity index (χ4n) is 1.96. The number of anilines is 2. The molecule has 0 saturated heterocycles. The Kier molecular flexibility index (Phi) is 4.33. The number of nitrogens with two attached hydrogens (primary N) is 1. The van der Waals surface area contributed by atoms with Crippen molar-refractivity contribution in [2.45, 2.75) is 6.92 Å². The van der Waals surface area contributed by atoms with Crippen molar-refractivity contribution in [1.82, 2.24) is 0 Å². The summed E-state index contributed by atoms with van der Waals surface area (Å²) in [5.41, 5.74) is 8.34. The van der Waals surface area contributed by atoms with Crippen LogP contribution in [0.3, 0.4) is 0 Å². The molecule has 0 atom stereocenters. The first-order chi connectivity index (χ1) is 10.0. The molecule has 21 heavy (non-hydrogen) atoms. The van der Waals surface area contributed by atoms with Crippen LogP contribution in [0.5, 0.6) is 11.5 Å². The molecule has 0 aromatic heterocycles. The highest BCUT2D eigenvalue weighted by Gasteiger charge is 2.14. The molecule has 0 aliphatic carbocycles. The molecule has 1 amide bonds. The zero-order valence-corrected chi connectivity index (χ0v) is 12.3. The molecule has 5 heteroatoms. The molecule has 0 bridgehead atoms. The second-order valence-electron chi connectivity index (χ2n) is 4.59. The van der Waals surface area contributed by atoms with Crippen molar-refractivity contribution in [3.63, 3.8) is 0 Å². The molecule has 3 N–H and O–H groups in total. The Balaban J connectivity index is 2.33. The van der Waals surface area contributed by atoms with Crippen molar-refractivity contribution in [2.24, 2.45) is 0 Å². The standard InChI is InChI=1S/C16H18N2O3/c1-10-4-5-11(17)8-14(10)18-16(19)13-9-12(20-2)6-7-15(13)21-3/h4-9H,17H2,1-3H3,(H,18,19). The van der Waals surface area contributed by atoms with Gasteiger partial charge in [0.1, 0.15) is 11.5 Å². The lowest BCUT2D eigenvalue weighted by molar-refractivity contribution is 0.102. The second kappa shape index (κ2) is 6.17. The maximum atomic E-state index is 12.4. The van der Waals surface area contributed by atoms with E-state index in [1.54, 1.807) is 37.4 Å². The van der Waals surface area contributed by atoms with Gasteiger partial charge in [-0.3, -0.25) is 4.79 Å². The molecule has 0 unspecified atom stereocenters. The average molecular weight is 286 g/mol. The van der Waals surface area contributed by atoms with Gasteiger partial charge in [-0.15, -0.1) is 0 Å². The van der Waals surface area contributed by atoms with Gasteiger partial charge in [0.2, 0.25) is 0 Å². The first kappa shape index (κ1) is 14.7. The highest BCUT2D eigenvalue weighted by atomic mass is 16.5. The molecule has 0 aliphatic rings. The summed E-state index contributed by atoms with van der Waals surface area (Å²) in [4.78, 5) is 12.4. The Hall–Kier alpha value is -2.69. The first-order valence-electron chi connectivity index (χ1n) is 6.44. The van der Waals surface area contributed by atoms with Crippen LogP contribution in [-0.2, 0) is 0 Å². The molecule has 2 rings (SSSR count). The third-order valence-corrected chi connectivity index (χ3v) is 3.16. The molecule has 110 valence electrons. The molecule has 2 aromatic rings. The maximum absolute atomic E-state index is 12.4. The largest absolute Gasteiger partial charge is 0.497 e. The van der Waals surface area contributed by atoms with E-state index in [1.165, 1.54) is 7.11 Å². The van der Waals surface area contributed by atoms with Crippen molar-refractivity contribution in [2.75, 3.05) is 25.3 Å². The lowest BCUT2D eigenvalue weighted by Gasteiger charge is -2.12. The smallest absolute Gasteiger partial charge is 0.259 e. The summed E-state index contributed by atoms with van der Waals surface area (Å²) in [6.07, 6.45) is 0. The molecule has 0 fully saturated rings. The van der Waals surface area contributed by atoms with Gasteiger partial charge in [0.05, 0.1) is 19.8 Å². The number of nitrogen functional groups attached to an aromatic ring is 1. The van der Waals surface area contributed by atoms with Crippen LogP contribution in [0.4, 0.5) is 11.4 Å². The fraction of sp³-hybridized carbons (Fsp3) is 0.188. The van der Waals surface area contributed by atoms with Crippen molar-refractivity contribution in [3.8, 4) is 11.5 Å². The van der Waals surface area contributed by atoms with Gasteiger partial charge in [-0.1, -0.05) is 6.07 Å². The fourth-order valence-corrected chi connectivity index (χ4v) is 1.96. The van der Waals surface area contributed by atoms with Crippen molar-refractivity contribution in [3.05, 3.63) is 47.5 Å². The number of methoxy groups -OCH3 is 2. The molecule has 0 radical (unpaired) electrons. The van der Waals surface area contributed by atoms with E-state index in [9.17, 15) is 4.79 Å². The van der Waals surface area contributed by atoms with E-state index in [1.807, 2.05) is 13.0 Å². The highest BCUT2D eigenvalue weighted by molar-refractivity contribution is 6.07. The summed E-state index contributed by atoms with van der Waals surface area (Å²) in [6.45, 7) is 1.90. The van der Waals surface area contributed by atoms with E-state index in [2.05, 4.69) is 5.32 Å². The number of benzene rings is 2. The third-order valence-electron chi connectivity index (χ3n) is 3.16. The third kappa shape index (κ3) is 3.25. The number of aryl methyl sites for hydroxylation is 1. The van der Waals surface area contributed by atoms with Crippen LogP contribution >= 0.6 is 0 Å². The molecule has 0 saturated carbocycles. The van der Waals surface area contributed by atoms with Crippen molar-refractivity contribution in [1.29, 1.82) is 0 Å². The van der Waals surface area contributed by atoms with Crippen LogP contribution in [0.1, 0.15) is 15.9 Å². The van der Waals surface area contributed by atoms with Gasteiger partial charge in [-0.25, -0.2) is 0 Å². The zero-order valence-electron chi connectivity index (χ0n) is 12.3. The van der Waals surface area contributed by atoms with E-state index >= 15 is 0 Å². The number of ether oxygens (including phenoxy) is 2. The Bertz CT molecular complexity index is 669. The zero-order chi connectivity index (χ0) is 15.4. The molecular weight excluding hydrogens is 268 g/mol. The highest BCUT2D eigenvalue weighted by Crippen LogP contribution is 2.26. The average Bonchev–Trinajstić information content (AvgIpc) is 2.50. The van der Waals surface area contributed by atoms with Crippen LogP contribution in [-0.4, -0.2) is 20.1 Å². The lowest BCUT2D eigenvalue weighted by atomic mass is 10.1. The van der Waals surface area contributed by atoms with Gasteiger partial charge in [-0.2, -0.15) is 0 Å². The topological polar surface area (TPSA) is 73.6 Å². The molecule has 0 heterocycles. The summed E-state index contributed by atoms with van der Waals surface area (Å²) in [6, 6.07) is 10.4. The number of carbonyl (C=O) groups is 1. The summed E-state index contributed by atoms with van der Waals surface area (Å²) < 4.78 is 10.4. The number of amides is 1. The second-order valence-corrected chi connectivity index (χ2v) is 4.59. The van der Waals surface area contributed by atoms with Crippen molar-refractivity contribution >= 4 is 17.3 Å². The number of rotatable bonds is 4. The molecule has 0 aliphatic heterocycles. The van der Waals surface area contributed by atoms with Gasteiger partial charge in [0, 0.05) is 11.4 Å². The Labute approximate surface area is 123 Å². The molecule has 2 aromatic carbocycles. The first-order valence-corrected chi connectivity index (χ1v) is 6.44. The minimum atomic E-state index is -0.278. The number of hydrogen-bond acceptors (Lipinski definition) is 4. The summed E-state index contributed by atoms with van der Waals surface area (Å²) in [7, 11) is 3.07. The van der Waals surface area contributed by atoms with Gasteiger partial charge in [0.15, 0.2) is 0 Å². The summed E-state index contributed by atoms with van der Waals surface area (Å²) in [5, 5.41) is 2.84. The predicted octanol–water partition coefficient (Wildman–Crippen LogP) is 2.85. The van der Waals surface area contributed by atoms with Gasteiger partial charge >= 0.3 is 0 Å². The van der Waals surface area contributed by atoms with Gasteiger partial charge < -0.3 is 20.5 Å². The Morgan fingerprint density at radius 3 is 2.52 bits per heavy atom. The lowest BCUT2D eigenvalue weighted by Crippen LogP contribution is -2.14. The van der Waals surface area contributed by atoms with E-state index < -0.39 is 0 Å². The van der Waals surface area contributed by atoms with Crippen molar-refractivity contribution < 1.29 is 14.3 Å².